The molecule has 8 nitrogen and oxygen atoms in total. The second-order valence-electron chi connectivity index (χ2n) is 8.60. The normalized spacial score (nSPS) is 19.5. The van der Waals surface area contributed by atoms with E-state index in [4.69, 9.17) is 0 Å². The number of nitrogens with zero attached hydrogens (tertiary/aromatic N) is 7. The van der Waals surface area contributed by atoms with Crippen molar-refractivity contribution in [3.05, 3.63) is 24.5 Å². The van der Waals surface area contributed by atoms with Gasteiger partial charge < -0.3 is 9.88 Å². The fourth-order valence-electron chi connectivity index (χ4n) is 3.68. The predicted octanol–water partition coefficient (Wildman–Crippen LogP) is 3.14. The minimum atomic E-state index is -2.88. The molecule has 1 fully saturated rings. The van der Waals surface area contributed by atoms with Crippen LogP contribution in [0.1, 0.15) is 33.5 Å². The number of alkyl halides is 2. The summed E-state index contributed by atoms with van der Waals surface area (Å²) in [5.74, 6) is -1.29. The van der Waals surface area contributed by atoms with Gasteiger partial charge in [0.15, 0.2) is 17.0 Å². The van der Waals surface area contributed by atoms with Gasteiger partial charge in [0, 0.05) is 31.0 Å². The molecule has 0 amide bonds. The lowest BCUT2D eigenvalue weighted by molar-refractivity contribution is -0.00484. The van der Waals surface area contributed by atoms with Gasteiger partial charge in [-0.05, 0) is 34.6 Å². The Morgan fingerprint density at radius 2 is 1.87 bits per heavy atom. The maximum Gasteiger partial charge on any atom is 0.281 e. The number of halogens is 2. The van der Waals surface area contributed by atoms with E-state index in [1.54, 1.807) is 17.3 Å². The standard InChI is InChI=1S/C20H26F2N8/c1-6-30-17(13-7-23-12(2)24-8-13)28-15-16(25-11-26-18(15)30)27-14-9-29(19(3,4)5)10-20(14,21)22/h7-8,11,14H,6,9-10H2,1-5H3,(H,25,26,27). The molecule has 0 bridgehead atoms. The molecule has 3 aromatic rings. The third-order valence-corrected chi connectivity index (χ3v) is 5.46. The Bertz CT molecular complexity index is 1060. The molecule has 1 aliphatic heterocycles. The van der Waals surface area contributed by atoms with E-state index in [0.717, 1.165) is 5.56 Å². The van der Waals surface area contributed by atoms with Crippen molar-refractivity contribution in [2.45, 2.75) is 58.7 Å². The zero-order valence-electron chi connectivity index (χ0n) is 17.8. The van der Waals surface area contributed by atoms with Crippen LogP contribution >= 0.6 is 0 Å². The summed E-state index contributed by atoms with van der Waals surface area (Å²) in [7, 11) is 0. The quantitative estimate of drug-likeness (QED) is 0.699. The summed E-state index contributed by atoms with van der Waals surface area (Å²) in [6.07, 6.45) is 4.77. The van der Waals surface area contributed by atoms with Crippen molar-refractivity contribution in [3.63, 3.8) is 0 Å². The van der Waals surface area contributed by atoms with Crippen LogP contribution in [-0.4, -0.2) is 65.0 Å². The SMILES string of the molecule is CCn1c(-c2cnc(C)nc2)nc2c(NC3CN(C(C)(C)C)CC3(F)F)ncnc21. The summed E-state index contributed by atoms with van der Waals surface area (Å²) in [6.45, 7) is 10.1. The highest BCUT2D eigenvalue weighted by Gasteiger charge is 2.51. The van der Waals surface area contributed by atoms with E-state index >= 15 is 0 Å². The van der Waals surface area contributed by atoms with Gasteiger partial charge in [-0.15, -0.1) is 0 Å². The van der Waals surface area contributed by atoms with Crippen LogP contribution < -0.4 is 5.32 Å². The van der Waals surface area contributed by atoms with E-state index in [2.05, 4.69) is 30.2 Å². The minimum Gasteiger partial charge on any atom is -0.358 e. The van der Waals surface area contributed by atoms with E-state index in [0.29, 0.717) is 35.2 Å². The summed E-state index contributed by atoms with van der Waals surface area (Å²) < 4.78 is 31.4. The summed E-state index contributed by atoms with van der Waals surface area (Å²) in [5, 5.41) is 2.95. The number of imidazole rings is 1. The molecule has 1 atom stereocenters. The first kappa shape index (κ1) is 20.5. The Kier molecular flexibility index (Phi) is 4.92. The van der Waals surface area contributed by atoms with Gasteiger partial charge in [-0.3, -0.25) is 4.90 Å². The van der Waals surface area contributed by atoms with Crippen LogP contribution in [0.2, 0.25) is 0 Å². The number of fused-ring (bicyclic) bond motifs is 1. The first-order valence-corrected chi connectivity index (χ1v) is 10.00. The highest BCUT2D eigenvalue weighted by Crippen LogP contribution is 2.35. The number of nitrogens with one attached hydrogen (secondary N) is 1. The summed E-state index contributed by atoms with van der Waals surface area (Å²) in [4.78, 5) is 23.5. The fraction of sp³-hybridized carbons (Fsp3) is 0.550. The molecule has 1 aliphatic rings. The van der Waals surface area contributed by atoms with Crippen LogP contribution in [0.15, 0.2) is 18.7 Å². The molecular weight excluding hydrogens is 390 g/mol. The monoisotopic (exact) mass is 416 g/mol. The molecule has 0 aliphatic carbocycles. The maximum absolute atomic E-state index is 14.7. The number of hydrogen-bond donors (Lipinski definition) is 1. The fourth-order valence-corrected chi connectivity index (χ4v) is 3.68. The van der Waals surface area contributed by atoms with Gasteiger partial charge in [-0.25, -0.2) is 33.7 Å². The van der Waals surface area contributed by atoms with Gasteiger partial charge in [0.25, 0.3) is 5.92 Å². The Balaban J connectivity index is 1.73. The molecule has 0 saturated carbocycles. The van der Waals surface area contributed by atoms with E-state index in [1.807, 2.05) is 39.2 Å². The topological polar surface area (TPSA) is 84.7 Å². The third-order valence-electron chi connectivity index (χ3n) is 5.46. The molecule has 160 valence electrons. The van der Waals surface area contributed by atoms with Gasteiger partial charge in [-0.1, -0.05) is 0 Å². The van der Waals surface area contributed by atoms with Gasteiger partial charge in [0.1, 0.15) is 24.0 Å². The van der Waals surface area contributed by atoms with Crippen molar-refractivity contribution >= 4 is 17.0 Å². The summed E-state index contributed by atoms with van der Waals surface area (Å²) in [6, 6.07) is -1.06. The lowest BCUT2D eigenvalue weighted by Gasteiger charge is -2.31. The van der Waals surface area contributed by atoms with E-state index < -0.39 is 12.0 Å². The lowest BCUT2D eigenvalue weighted by atomic mass is 10.1. The lowest BCUT2D eigenvalue weighted by Crippen LogP contribution is -2.40. The van der Waals surface area contributed by atoms with Crippen molar-refractivity contribution in [1.82, 2.24) is 34.4 Å². The zero-order valence-corrected chi connectivity index (χ0v) is 17.8. The second kappa shape index (κ2) is 7.19. The van der Waals surface area contributed by atoms with Crippen LogP contribution in [0.4, 0.5) is 14.6 Å². The zero-order chi connectivity index (χ0) is 21.7. The predicted molar refractivity (Wildman–Crippen MR) is 110 cm³/mol. The average molecular weight is 416 g/mol. The van der Waals surface area contributed by atoms with Crippen molar-refractivity contribution in [3.8, 4) is 11.4 Å². The molecule has 4 heterocycles. The van der Waals surface area contributed by atoms with Gasteiger partial charge in [0.2, 0.25) is 0 Å². The first-order valence-electron chi connectivity index (χ1n) is 10.00. The number of aromatic nitrogens is 6. The van der Waals surface area contributed by atoms with E-state index in [-0.39, 0.29) is 18.6 Å². The van der Waals surface area contributed by atoms with Crippen LogP contribution in [-0.2, 0) is 6.54 Å². The summed E-state index contributed by atoms with van der Waals surface area (Å²) >= 11 is 0. The number of likely N-dealkylation sites (tertiary alicyclic amines) is 1. The Morgan fingerprint density at radius 1 is 1.17 bits per heavy atom. The Labute approximate surface area is 173 Å². The van der Waals surface area contributed by atoms with E-state index in [9.17, 15) is 8.78 Å². The van der Waals surface area contributed by atoms with Gasteiger partial charge >= 0.3 is 0 Å². The molecule has 0 spiro atoms. The molecule has 3 aromatic heterocycles. The molecule has 10 heteroatoms. The van der Waals surface area contributed by atoms with Crippen molar-refractivity contribution < 1.29 is 8.78 Å². The number of anilines is 1. The second-order valence-corrected chi connectivity index (χ2v) is 8.60. The third kappa shape index (κ3) is 3.60. The van der Waals surface area contributed by atoms with Crippen molar-refractivity contribution in [2.75, 3.05) is 18.4 Å². The molecule has 30 heavy (non-hydrogen) atoms. The molecule has 0 radical (unpaired) electrons. The average Bonchev–Trinajstić information content (AvgIpc) is 3.20. The van der Waals surface area contributed by atoms with Crippen LogP contribution in [0, 0.1) is 6.92 Å². The van der Waals surface area contributed by atoms with Crippen LogP contribution in [0.3, 0.4) is 0 Å². The van der Waals surface area contributed by atoms with E-state index in [1.165, 1.54) is 6.33 Å². The highest BCUT2D eigenvalue weighted by molar-refractivity contribution is 5.86. The molecular formula is C20H26F2N8. The number of rotatable bonds is 4. The molecule has 0 aromatic carbocycles. The largest absolute Gasteiger partial charge is 0.358 e. The molecule has 1 unspecified atom stereocenters. The van der Waals surface area contributed by atoms with Gasteiger partial charge in [-0.2, -0.15) is 0 Å². The molecule has 4 rings (SSSR count). The maximum atomic E-state index is 14.7. The smallest absolute Gasteiger partial charge is 0.281 e. The van der Waals surface area contributed by atoms with Crippen LogP contribution in [0.25, 0.3) is 22.6 Å². The molecule has 1 N–H and O–H groups in total. The number of hydrogen-bond acceptors (Lipinski definition) is 7. The Hall–Kier alpha value is -2.75. The van der Waals surface area contributed by atoms with Gasteiger partial charge in [0.05, 0.1) is 12.1 Å². The number of aryl methyl sites for hydroxylation is 2. The highest BCUT2D eigenvalue weighted by atomic mass is 19.3. The molecule has 1 saturated heterocycles. The van der Waals surface area contributed by atoms with Crippen molar-refractivity contribution in [2.24, 2.45) is 0 Å². The Morgan fingerprint density at radius 3 is 2.47 bits per heavy atom. The minimum absolute atomic E-state index is 0.217. The first-order chi connectivity index (χ1) is 14.1. The summed E-state index contributed by atoms with van der Waals surface area (Å²) in [5.41, 5.74) is 1.43. The van der Waals surface area contributed by atoms with Crippen molar-refractivity contribution in [1.29, 1.82) is 0 Å². The van der Waals surface area contributed by atoms with Crippen LogP contribution in [0.5, 0.6) is 0 Å².